The van der Waals surface area contributed by atoms with Gasteiger partial charge in [-0.3, -0.25) is 14.5 Å². The molecule has 1 aromatic carbocycles. The van der Waals surface area contributed by atoms with Crippen molar-refractivity contribution in [3.05, 3.63) is 47.2 Å². The molecular formula is C26H32F3N5O4. The first-order chi connectivity index (χ1) is 17.9. The summed E-state index contributed by atoms with van der Waals surface area (Å²) in [7, 11) is 1.83. The van der Waals surface area contributed by atoms with E-state index in [0.29, 0.717) is 57.2 Å². The standard InChI is InChI=1S/C26H32F3N5O4/c1-17(35)30-22-7-12-34(31-22)24(38)33-10-5-21(6-11-33)32(2)16-18-13-19(15-20(14-18)26(27,28)29)25(23(36)37)8-3-4-9-25/h7,12-15,21H,3-6,8-11,16H2,1-2H3,(H,36,37)(H,30,31,35). The third-order valence-corrected chi connectivity index (χ3v) is 7.62. The minimum Gasteiger partial charge on any atom is -0.481 e. The molecule has 2 heterocycles. The molecule has 2 amide bonds. The molecule has 2 aromatic rings. The molecule has 2 fully saturated rings. The molecule has 1 aliphatic carbocycles. The van der Waals surface area contributed by atoms with E-state index in [4.69, 9.17) is 0 Å². The van der Waals surface area contributed by atoms with Crippen LogP contribution in [-0.2, 0) is 27.7 Å². The zero-order chi connectivity index (χ0) is 27.7. The Morgan fingerprint density at radius 3 is 2.39 bits per heavy atom. The van der Waals surface area contributed by atoms with Gasteiger partial charge in [-0.2, -0.15) is 17.9 Å². The number of carbonyl (C=O) groups excluding carboxylic acids is 2. The highest BCUT2D eigenvalue weighted by molar-refractivity contribution is 5.88. The molecule has 12 heteroatoms. The van der Waals surface area contributed by atoms with Crippen LogP contribution in [0.4, 0.5) is 23.8 Å². The van der Waals surface area contributed by atoms with Crippen LogP contribution in [-0.4, -0.2) is 68.8 Å². The lowest BCUT2D eigenvalue weighted by molar-refractivity contribution is -0.144. The Bertz CT molecular complexity index is 1200. The number of carbonyl (C=O) groups is 3. The van der Waals surface area contributed by atoms with E-state index >= 15 is 0 Å². The smallest absolute Gasteiger partial charge is 0.416 e. The van der Waals surface area contributed by atoms with Gasteiger partial charge < -0.3 is 15.3 Å². The Kier molecular flexibility index (Phi) is 7.82. The number of carboxylic acids is 1. The number of hydrogen-bond donors (Lipinski definition) is 2. The summed E-state index contributed by atoms with van der Waals surface area (Å²) in [5.41, 5.74) is -1.47. The molecule has 0 spiro atoms. The lowest BCUT2D eigenvalue weighted by Crippen LogP contribution is -2.46. The number of benzene rings is 1. The zero-order valence-corrected chi connectivity index (χ0v) is 21.4. The van der Waals surface area contributed by atoms with E-state index in [0.717, 1.165) is 12.1 Å². The van der Waals surface area contributed by atoms with Crippen LogP contribution in [0.1, 0.15) is 62.1 Å². The maximum atomic E-state index is 13.7. The summed E-state index contributed by atoms with van der Waals surface area (Å²) in [5, 5.41) is 16.5. The van der Waals surface area contributed by atoms with Gasteiger partial charge in [-0.05, 0) is 56.0 Å². The number of carboxylic acid groups (broad SMARTS) is 1. The summed E-state index contributed by atoms with van der Waals surface area (Å²) in [5.74, 6) is -1.09. The molecule has 0 radical (unpaired) electrons. The summed E-state index contributed by atoms with van der Waals surface area (Å²) in [6.45, 7) is 2.46. The SMILES string of the molecule is CC(=O)Nc1ccn(C(=O)N2CCC(N(C)Cc3cc(C(F)(F)F)cc(C4(C(=O)O)CCCC4)c3)CC2)n1. The number of aliphatic carboxylic acids is 1. The van der Waals surface area contributed by atoms with E-state index in [1.54, 1.807) is 11.0 Å². The topological polar surface area (TPSA) is 108 Å². The molecular weight excluding hydrogens is 503 g/mol. The fraction of sp³-hybridized carbons (Fsp3) is 0.538. The van der Waals surface area contributed by atoms with Gasteiger partial charge in [0.2, 0.25) is 5.91 Å². The average molecular weight is 536 g/mol. The van der Waals surface area contributed by atoms with Gasteiger partial charge >= 0.3 is 18.2 Å². The van der Waals surface area contributed by atoms with Crippen LogP contribution in [0.5, 0.6) is 0 Å². The van der Waals surface area contributed by atoms with Gasteiger partial charge in [0.15, 0.2) is 5.82 Å². The summed E-state index contributed by atoms with van der Waals surface area (Å²) < 4.78 is 42.4. The van der Waals surface area contributed by atoms with Gasteiger partial charge in [0, 0.05) is 44.9 Å². The molecule has 2 aliphatic rings. The lowest BCUT2D eigenvalue weighted by Gasteiger charge is -2.36. The molecule has 2 N–H and O–H groups in total. The number of alkyl halides is 3. The third kappa shape index (κ3) is 5.85. The van der Waals surface area contributed by atoms with Crippen molar-refractivity contribution in [3.63, 3.8) is 0 Å². The van der Waals surface area contributed by atoms with Gasteiger partial charge in [-0.15, -0.1) is 5.10 Å². The summed E-state index contributed by atoms with van der Waals surface area (Å²) in [6, 6.07) is 4.97. The Hall–Kier alpha value is -3.41. The zero-order valence-electron chi connectivity index (χ0n) is 21.4. The second kappa shape index (κ2) is 10.8. The number of hydrogen-bond acceptors (Lipinski definition) is 5. The largest absolute Gasteiger partial charge is 0.481 e. The highest BCUT2D eigenvalue weighted by Crippen LogP contribution is 2.43. The molecule has 1 saturated heterocycles. The average Bonchev–Trinajstić information content (AvgIpc) is 3.53. The summed E-state index contributed by atoms with van der Waals surface area (Å²) in [6.07, 6.45) is 0.122. The Labute approximate surface area is 218 Å². The van der Waals surface area contributed by atoms with E-state index in [2.05, 4.69) is 10.4 Å². The van der Waals surface area contributed by atoms with Crippen LogP contribution in [0.15, 0.2) is 30.5 Å². The van der Waals surface area contributed by atoms with Crippen molar-refractivity contribution < 1.29 is 32.7 Å². The van der Waals surface area contributed by atoms with Crippen molar-refractivity contribution in [2.75, 3.05) is 25.5 Å². The number of nitrogens with one attached hydrogen (secondary N) is 1. The third-order valence-electron chi connectivity index (χ3n) is 7.62. The van der Waals surface area contributed by atoms with E-state index in [1.807, 2.05) is 11.9 Å². The minimum atomic E-state index is -4.58. The number of rotatable bonds is 6. The van der Waals surface area contributed by atoms with Crippen molar-refractivity contribution in [2.45, 2.75) is 69.6 Å². The molecule has 0 atom stereocenters. The maximum Gasteiger partial charge on any atom is 0.416 e. The Balaban J connectivity index is 1.44. The van der Waals surface area contributed by atoms with Gasteiger partial charge in [0.25, 0.3) is 0 Å². The normalized spacial score (nSPS) is 18.1. The monoisotopic (exact) mass is 535 g/mol. The first-order valence-corrected chi connectivity index (χ1v) is 12.7. The number of amides is 2. The van der Waals surface area contributed by atoms with Crippen molar-refractivity contribution >= 4 is 23.7 Å². The first kappa shape index (κ1) is 27.6. The number of piperidine rings is 1. The van der Waals surface area contributed by atoms with E-state index < -0.39 is 23.1 Å². The van der Waals surface area contributed by atoms with Crippen LogP contribution in [0.25, 0.3) is 0 Å². The number of aromatic nitrogens is 2. The molecule has 9 nitrogen and oxygen atoms in total. The fourth-order valence-corrected chi connectivity index (χ4v) is 5.57. The predicted octanol–water partition coefficient (Wildman–Crippen LogP) is 4.32. The predicted molar refractivity (Wildman–Crippen MR) is 133 cm³/mol. The quantitative estimate of drug-likeness (QED) is 0.571. The van der Waals surface area contributed by atoms with E-state index in [1.165, 1.54) is 23.9 Å². The molecule has 38 heavy (non-hydrogen) atoms. The second-order valence-corrected chi connectivity index (χ2v) is 10.3. The Morgan fingerprint density at radius 1 is 1.16 bits per heavy atom. The van der Waals surface area contributed by atoms with Crippen LogP contribution in [0, 0.1) is 0 Å². The van der Waals surface area contributed by atoms with Crippen LogP contribution in [0.3, 0.4) is 0 Å². The maximum absolute atomic E-state index is 13.7. The second-order valence-electron chi connectivity index (χ2n) is 10.3. The number of likely N-dealkylation sites (tertiary alicyclic amines) is 1. The van der Waals surface area contributed by atoms with Crippen molar-refractivity contribution in [3.8, 4) is 0 Å². The van der Waals surface area contributed by atoms with E-state index in [9.17, 15) is 32.7 Å². The van der Waals surface area contributed by atoms with Gasteiger partial charge in [0.1, 0.15) is 0 Å². The first-order valence-electron chi connectivity index (χ1n) is 12.7. The van der Waals surface area contributed by atoms with E-state index in [-0.39, 0.29) is 35.9 Å². The highest BCUT2D eigenvalue weighted by Gasteiger charge is 2.44. The summed E-state index contributed by atoms with van der Waals surface area (Å²) in [4.78, 5) is 39.7. The molecule has 1 saturated carbocycles. The van der Waals surface area contributed by atoms with Crippen molar-refractivity contribution in [1.29, 1.82) is 0 Å². The fourth-order valence-electron chi connectivity index (χ4n) is 5.57. The van der Waals surface area contributed by atoms with Gasteiger partial charge in [-0.1, -0.05) is 18.9 Å². The van der Waals surface area contributed by atoms with Crippen LogP contribution < -0.4 is 5.32 Å². The van der Waals surface area contributed by atoms with Crippen molar-refractivity contribution in [2.24, 2.45) is 0 Å². The molecule has 1 aromatic heterocycles. The van der Waals surface area contributed by atoms with Crippen molar-refractivity contribution in [1.82, 2.24) is 19.6 Å². The summed E-state index contributed by atoms with van der Waals surface area (Å²) >= 11 is 0. The molecule has 1 aliphatic heterocycles. The number of halogens is 3. The molecule has 206 valence electrons. The highest BCUT2D eigenvalue weighted by atomic mass is 19.4. The minimum absolute atomic E-state index is 0.0320. The van der Waals surface area contributed by atoms with Gasteiger partial charge in [0.05, 0.1) is 11.0 Å². The molecule has 4 rings (SSSR count). The number of anilines is 1. The molecule has 0 unspecified atom stereocenters. The molecule has 0 bridgehead atoms. The van der Waals surface area contributed by atoms with Crippen LogP contribution in [0.2, 0.25) is 0 Å². The lowest BCUT2D eigenvalue weighted by atomic mass is 9.77. The van der Waals surface area contributed by atoms with Crippen LogP contribution >= 0.6 is 0 Å². The van der Waals surface area contributed by atoms with Gasteiger partial charge in [-0.25, -0.2) is 4.79 Å². The number of nitrogens with zero attached hydrogens (tertiary/aromatic N) is 4. The Morgan fingerprint density at radius 2 is 1.82 bits per heavy atom.